The molecule has 0 rings (SSSR count). The molecule has 0 unspecified atom stereocenters. The average molecular weight is 1340 g/mol. The second-order valence-electron chi connectivity index (χ2n) is 21.9. The SMILES string of the molecule is N=C(N)NCCC[C@H](NC(=O)[C@H](CCCNC(=N)N)NC(=O)[C@H](CCCNC(=N)N)NC(=O)[C@H](CCCNC(=N)N)NC(=O)[C@H](CCCNC(=N)N)NC(=O)[C@H](CCCCN)NC(=O)[C@H](CCCCN)NC(=O)[C@@H](N)CCCNC(=N)N)C(=O)N[C@@H](CCC(N)=O)C(=O)O. The highest BCUT2D eigenvalue weighted by Crippen LogP contribution is 2.12. The fourth-order valence-corrected chi connectivity index (χ4v) is 8.92. The van der Waals surface area contributed by atoms with Crippen molar-refractivity contribution in [1.29, 1.82) is 32.5 Å². The molecular weight excluding hydrogens is 1230 g/mol. The molecule has 0 radical (unpaired) electrons. The number of carboxylic acids is 1. The Kier molecular flexibility index (Phi) is 43.8. The minimum atomic E-state index is -1.63. The highest BCUT2D eigenvalue weighted by atomic mass is 16.4. The summed E-state index contributed by atoms with van der Waals surface area (Å²) >= 11 is 0. The van der Waals surface area contributed by atoms with E-state index in [9.17, 15) is 53.1 Å². The molecule has 94 heavy (non-hydrogen) atoms. The first-order valence-electron chi connectivity index (χ1n) is 31.0. The molecule has 41 nitrogen and oxygen atoms in total. The molecular formula is C53H106N30O11. The number of nitrogens with two attached hydrogens (primary N) is 10. The summed E-state index contributed by atoms with van der Waals surface area (Å²) in [5.74, 6) is -11.9. The smallest absolute Gasteiger partial charge is 0.326 e. The molecule has 0 aromatic heterocycles. The van der Waals surface area contributed by atoms with Crippen molar-refractivity contribution in [3.63, 3.8) is 0 Å². The molecule has 0 aliphatic rings. The van der Waals surface area contributed by atoms with Crippen LogP contribution in [0.2, 0.25) is 0 Å². The van der Waals surface area contributed by atoms with E-state index in [2.05, 4.69) is 74.4 Å². The Morgan fingerprint density at radius 1 is 0.287 bits per heavy atom. The largest absolute Gasteiger partial charge is 0.480 e. The van der Waals surface area contributed by atoms with Crippen LogP contribution in [0.15, 0.2) is 0 Å². The van der Waals surface area contributed by atoms with Gasteiger partial charge in [0.1, 0.15) is 48.3 Å². The third-order valence-electron chi connectivity index (χ3n) is 13.9. The van der Waals surface area contributed by atoms with E-state index in [-0.39, 0.29) is 142 Å². The molecule has 0 aliphatic heterocycles. The van der Waals surface area contributed by atoms with Gasteiger partial charge >= 0.3 is 5.97 Å². The first-order valence-corrected chi connectivity index (χ1v) is 31.0. The van der Waals surface area contributed by atoms with Crippen LogP contribution in [-0.4, -0.2) is 207 Å². The van der Waals surface area contributed by atoms with Crippen LogP contribution in [0.1, 0.15) is 128 Å². The Morgan fingerprint density at radius 3 is 0.691 bits per heavy atom. The zero-order valence-corrected chi connectivity index (χ0v) is 53.3. The minimum absolute atomic E-state index is 0.000656. The molecule has 0 bridgehead atoms. The van der Waals surface area contributed by atoms with E-state index < -0.39 is 156 Å². The topological polar surface area (TPSA) is 763 Å². The minimum Gasteiger partial charge on any atom is -0.480 e. The number of unbranched alkanes of at least 4 members (excludes halogenated alkanes) is 2. The number of guanidine groups is 6. The Bertz CT molecular complexity index is 2490. The quantitative estimate of drug-likeness (QED) is 0.0153. The van der Waals surface area contributed by atoms with E-state index in [0.29, 0.717) is 32.1 Å². The Morgan fingerprint density at radius 2 is 0.489 bits per heavy atom. The van der Waals surface area contributed by atoms with E-state index in [1.807, 2.05) is 0 Å². The zero-order valence-electron chi connectivity index (χ0n) is 53.3. The van der Waals surface area contributed by atoms with E-state index >= 15 is 0 Å². The van der Waals surface area contributed by atoms with Gasteiger partial charge in [0.25, 0.3) is 0 Å². The molecule has 0 fully saturated rings. The van der Waals surface area contributed by atoms with Gasteiger partial charge < -0.3 is 137 Å². The number of carbonyl (C=O) groups excluding carboxylic acids is 9. The van der Waals surface area contributed by atoms with Crippen molar-refractivity contribution in [3.8, 4) is 0 Å². The van der Waals surface area contributed by atoms with Gasteiger partial charge in [-0.1, -0.05) is 0 Å². The first kappa shape index (κ1) is 84.2. The standard InChI is InChI=1S/C53H106N30O11/c54-21-3-1-12-30(76-39(85)29(56)11-5-23-70-48(58)59)40(86)77-31(13-2-4-22-55)41(87)78-32(14-6-24-71-49(60)61)42(88)79-33(15-7-25-72-50(62)63)43(89)80-34(16-8-26-73-51(64)65)44(90)81-35(17-9-27-74-52(66)67)45(91)82-36(18-10-28-75-53(68)69)46(92)83-37(47(93)94)19-20-38(57)84/h29-37H,1-28,54-56H2,(H2,57,84)(H,76,85)(H,77,86)(H,78,87)(H,79,88)(H,80,89)(H,81,90)(H,82,91)(H,83,92)(H,93,94)(H4,58,59,70)(H4,60,61,71)(H4,62,63,72)(H4,64,65,73)(H4,66,67,74)(H4,68,69,75)/t29-,30-,31-,32-,33-,34-,35-,36-,37-/m0/s1. The van der Waals surface area contributed by atoms with Crippen molar-refractivity contribution in [1.82, 2.24) is 74.4 Å². The van der Waals surface area contributed by atoms with Crippen LogP contribution in [0.4, 0.5) is 0 Å². The van der Waals surface area contributed by atoms with Crippen LogP contribution in [-0.2, 0) is 47.9 Å². The number of primary amides is 1. The summed E-state index contributed by atoms with van der Waals surface area (Å²) in [6.45, 7) is 0.804. The summed E-state index contributed by atoms with van der Waals surface area (Å²) in [5, 5.41) is 91.5. The van der Waals surface area contributed by atoms with E-state index in [1.165, 1.54) is 0 Å². The third kappa shape index (κ3) is 40.8. The number of carboxylic acid groups (broad SMARTS) is 1. The van der Waals surface area contributed by atoms with Crippen molar-refractivity contribution < 1.29 is 53.1 Å². The predicted octanol–water partition coefficient (Wildman–Crippen LogP) is -9.62. The highest BCUT2D eigenvalue weighted by molar-refractivity contribution is 5.98. The Hall–Kier alpha value is -9.80. The lowest BCUT2D eigenvalue weighted by molar-refractivity contribution is -0.142. The van der Waals surface area contributed by atoms with Gasteiger partial charge in [-0.05, 0) is 135 Å². The monoisotopic (exact) mass is 1340 g/mol. The summed E-state index contributed by atoms with van der Waals surface area (Å²) < 4.78 is 0. The molecule has 0 saturated heterocycles. The number of rotatable bonds is 52. The van der Waals surface area contributed by atoms with Gasteiger partial charge in [0.15, 0.2) is 35.8 Å². The molecule has 0 spiro atoms. The van der Waals surface area contributed by atoms with Gasteiger partial charge in [-0.25, -0.2) is 4.79 Å². The Labute approximate surface area is 545 Å². The molecule has 0 saturated carbocycles. The van der Waals surface area contributed by atoms with Crippen LogP contribution < -0.4 is 132 Å². The van der Waals surface area contributed by atoms with Crippen molar-refractivity contribution in [3.05, 3.63) is 0 Å². The zero-order chi connectivity index (χ0) is 71.1. The number of hydrogen-bond donors (Lipinski definition) is 31. The molecule has 0 aliphatic carbocycles. The second kappa shape index (κ2) is 48.9. The molecule has 534 valence electrons. The van der Waals surface area contributed by atoms with Crippen LogP contribution in [0.5, 0.6) is 0 Å². The molecule has 9 amide bonds. The van der Waals surface area contributed by atoms with Crippen molar-refractivity contribution >= 4 is 94.9 Å². The highest BCUT2D eigenvalue weighted by Gasteiger charge is 2.35. The molecule has 0 aromatic carbocycles. The fourth-order valence-electron chi connectivity index (χ4n) is 8.92. The van der Waals surface area contributed by atoms with Crippen LogP contribution >= 0.6 is 0 Å². The average Bonchev–Trinajstić information content (AvgIpc) is 0.921. The van der Waals surface area contributed by atoms with Gasteiger partial charge in [0.05, 0.1) is 6.04 Å². The van der Waals surface area contributed by atoms with E-state index in [4.69, 9.17) is 89.8 Å². The number of nitrogens with one attached hydrogen (secondary N) is 20. The predicted molar refractivity (Wildman–Crippen MR) is 350 cm³/mol. The van der Waals surface area contributed by atoms with Gasteiger partial charge in [-0.2, -0.15) is 0 Å². The lowest BCUT2D eigenvalue weighted by Gasteiger charge is -2.28. The van der Waals surface area contributed by atoms with Crippen molar-refractivity contribution in [2.24, 2.45) is 57.3 Å². The number of aliphatic carboxylic acids is 1. The van der Waals surface area contributed by atoms with Crippen LogP contribution in [0.25, 0.3) is 0 Å². The van der Waals surface area contributed by atoms with E-state index in [0.717, 1.165) is 0 Å². The van der Waals surface area contributed by atoms with Gasteiger partial charge in [0, 0.05) is 45.7 Å². The maximum Gasteiger partial charge on any atom is 0.326 e. The van der Waals surface area contributed by atoms with E-state index in [1.54, 1.807) is 0 Å². The lowest BCUT2D eigenvalue weighted by atomic mass is 10.0. The summed E-state index contributed by atoms with van der Waals surface area (Å²) in [7, 11) is 0. The maximum absolute atomic E-state index is 14.7. The van der Waals surface area contributed by atoms with Crippen LogP contribution in [0, 0.1) is 32.5 Å². The van der Waals surface area contributed by atoms with Crippen molar-refractivity contribution in [2.45, 2.75) is 183 Å². The normalized spacial score (nSPS) is 13.6. The van der Waals surface area contributed by atoms with Gasteiger partial charge in [-0.3, -0.25) is 75.6 Å². The summed E-state index contributed by atoms with van der Waals surface area (Å²) in [4.78, 5) is 138. The summed E-state index contributed by atoms with van der Waals surface area (Å²) in [6.07, 6.45) is 0.698. The Balaban J connectivity index is 7.51. The molecule has 0 heterocycles. The first-order chi connectivity index (χ1) is 44.4. The van der Waals surface area contributed by atoms with Gasteiger partial charge in [-0.15, -0.1) is 0 Å². The second-order valence-corrected chi connectivity index (χ2v) is 21.9. The van der Waals surface area contributed by atoms with Crippen LogP contribution in [0.3, 0.4) is 0 Å². The van der Waals surface area contributed by atoms with Crippen molar-refractivity contribution in [2.75, 3.05) is 52.4 Å². The summed E-state index contributed by atoms with van der Waals surface area (Å²) in [6, 6.07) is -12.8. The maximum atomic E-state index is 14.7. The number of carbonyl (C=O) groups is 10. The number of hydrogen-bond acceptors (Lipinski definition) is 19. The molecule has 9 atom stereocenters. The third-order valence-corrected chi connectivity index (χ3v) is 13.9. The lowest BCUT2D eigenvalue weighted by Crippen LogP contribution is -2.60. The fraction of sp³-hybridized carbons (Fsp3) is 0.698. The van der Waals surface area contributed by atoms with Gasteiger partial charge in [0.2, 0.25) is 53.2 Å². The molecule has 41 N–H and O–H groups in total. The number of amides is 9. The molecule has 41 heteroatoms. The summed E-state index contributed by atoms with van der Waals surface area (Å²) in [5.41, 5.74) is 55.7. The molecule has 0 aromatic rings.